The number of benzene rings is 1. The monoisotopic (exact) mass is 241 g/mol. The summed E-state index contributed by atoms with van der Waals surface area (Å²) in [5, 5.41) is 2.81. The van der Waals surface area contributed by atoms with E-state index in [1.807, 2.05) is 24.3 Å². The normalized spacial score (nSPS) is 10.1. The molecule has 0 unspecified atom stereocenters. The number of nitrogens with two attached hydrogens (primary N) is 1. The molecule has 0 aliphatic heterocycles. The fourth-order valence-corrected chi connectivity index (χ4v) is 1.57. The maximum atomic E-state index is 11.9. The molecule has 2 aromatic rings. The van der Waals surface area contributed by atoms with Gasteiger partial charge in [-0.25, -0.2) is 4.98 Å². The molecule has 1 amide bonds. The van der Waals surface area contributed by atoms with Crippen LogP contribution in [-0.2, 0) is 6.42 Å². The molecule has 0 atom stereocenters. The molecule has 2 rings (SSSR count). The van der Waals surface area contributed by atoms with Gasteiger partial charge in [0.15, 0.2) is 0 Å². The van der Waals surface area contributed by atoms with Crippen LogP contribution in [0.1, 0.15) is 22.8 Å². The van der Waals surface area contributed by atoms with Crippen LogP contribution in [0.2, 0.25) is 0 Å². The lowest BCUT2D eigenvalue weighted by Gasteiger charge is -2.06. The maximum absolute atomic E-state index is 11.9. The van der Waals surface area contributed by atoms with E-state index >= 15 is 0 Å². The summed E-state index contributed by atoms with van der Waals surface area (Å²) in [5.74, 6) is 0.214. The zero-order valence-corrected chi connectivity index (χ0v) is 10.2. The van der Waals surface area contributed by atoms with E-state index in [4.69, 9.17) is 5.73 Å². The summed E-state index contributed by atoms with van der Waals surface area (Å²) in [7, 11) is 0. The van der Waals surface area contributed by atoms with Crippen LogP contribution < -0.4 is 11.1 Å². The molecule has 1 heterocycles. The molecule has 18 heavy (non-hydrogen) atoms. The number of carbonyl (C=O) groups excluding carboxylic acids is 1. The van der Waals surface area contributed by atoms with Crippen LogP contribution in [0.25, 0.3) is 0 Å². The van der Waals surface area contributed by atoms with E-state index in [9.17, 15) is 4.79 Å². The first-order chi connectivity index (χ1) is 8.69. The molecule has 1 aromatic carbocycles. The van der Waals surface area contributed by atoms with Crippen LogP contribution in [0.15, 0.2) is 42.6 Å². The number of amides is 1. The first kappa shape index (κ1) is 12.1. The van der Waals surface area contributed by atoms with Crippen molar-refractivity contribution in [2.24, 2.45) is 0 Å². The van der Waals surface area contributed by atoms with E-state index in [0.29, 0.717) is 11.4 Å². The predicted octanol–water partition coefficient (Wildman–Crippen LogP) is 2.48. The molecule has 3 N–H and O–H groups in total. The van der Waals surface area contributed by atoms with Gasteiger partial charge < -0.3 is 11.1 Å². The van der Waals surface area contributed by atoms with Crippen molar-refractivity contribution in [3.05, 3.63) is 53.7 Å². The number of nitrogens with zero attached hydrogens (tertiary/aromatic N) is 1. The van der Waals surface area contributed by atoms with Gasteiger partial charge in [0, 0.05) is 11.9 Å². The average molecular weight is 241 g/mol. The van der Waals surface area contributed by atoms with E-state index in [1.54, 1.807) is 12.1 Å². The lowest BCUT2D eigenvalue weighted by Crippen LogP contribution is -2.12. The van der Waals surface area contributed by atoms with Gasteiger partial charge in [0.05, 0.1) is 5.56 Å². The summed E-state index contributed by atoms with van der Waals surface area (Å²) in [6, 6.07) is 11.0. The zero-order valence-electron chi connectivity index (χ0n) is 10.2. The highest BCUT2D eigenvalue weighted by Gasteiger charge is 2.05. The van der Waals surface area contributed by atoms with Crippen molar-refractivity contribution in [3.8, 4) is 0 Å². The highest BCUT2D eigenvalue weighted by Crippen LogP contribution is 2.11. The van der Waals surface area contributed by atoms with Crippen molar-refractivity contribution < 1.29 is 4.79 Å². The second kappa shape index (κ2) is 5.31. The molecule has 0 aliphatic rings. The Bertz CT molecular complexity index is 532. The number of carbonyl (C=O) groups is 1. The SMILES string of the molecule is CCc1ccc(NC(=O)c2ccc(N)nc2)cc1. The molecule has 0 fully saturated rings. The standard InChI is InChI=1S/C14H15N3O/c1-2-10-3-6-12(7-4-10)17-14(18)11-5-8-13(15)16-9-11/h3-9H,2H2,1H3,(H2,15,16)(H,17,18). The summed E-state index contributed by atoms with van der Waals surface area (Å²) >= 11 is 0. The first-order valence-corrected chi connectivity index (χ1v) is 5.81. The van der Waals surface area contributed by atoms with Crippen LogP contribution in [0.3, 0.4) is 0 Å². The van der Waals surface area contributed by atoms with Crippen LogP contribution in [0.4, 0.5) is 11.5 Å². The minimum Gasteiger partial charge on any atom is -0.384 e. The van der Waals surface area contributed by atoms with Crippen molar-refractivity contribution in [2.75, 3.05) is 11.1 Å². The summed E-state index contributed by atoms with van der Waals surface area (Å²) in [6.07, 6.45) is 2.45. The van der Waals surface area contributed by atoms with Crippen LogP contribution in [0, 0.1) is 0 Å². The lowest BCUT2D eigenvalue weighted by atomic mass is 10.1. The number of aryl methyl sites for hydroxylation is 1. The third kappa shape index (κ3) is 2.85. The highest BCUT2D eigenvalue weighted by molar-refractivity contribution is 6.04. The van der Waals surface area contributed by atoms with Gasteiger partial charge in [0.2, 0.25) is 0 Å². The molecular formula is C14H15N3O. The highest BCUT2D eigenvalue weighted by atomic mass is 16.1. The van der Waals surface area contributed by atoms with Gasteiger partial charge in [-0.3, -0.25) is 4.79 Å². The fraction of sp³-hybridized carbons (Fsp3) is 0.143. The Hall–Kier alpha value is -2.36. The van der Waals surface area contributed by atoms with Crippen LogP contribution in [-0.4, -0.2) is 10.9 Å². The Morgan fingerprint density at radius 2 is 1.94 bits per heavy atom. The van der Waals surface area contributed by atoms with E-state index in [1.165, 1.54) is 11.8 Å². The van der Waals surface area contributed by atoms with Gasteiger partial charge in [-0.1, -0.05) is 19.1 Å². The van der Waals surface area contributed by atoms with E-state index in [0.717, 1.165) is 12.1 Å². The van der Waals surface area contributed by atoms with Crippen LogP contribution in [0.5, 0.6) is 0 Å². The zero-order chi connectivity index (χ0) is 13.0. The third-order valence-electron chi connectivity index (χ3n) is 2.67. The van der Waals surface area contributed by atoms with Gasteiger partial charge in [-0.2, -0.15) is 0 Å². The van der Waals surface area contributed by atoms with Gasteiger partial charge in [0.1, 0.15) is 5.82 Å². The van der Waals surface area contributed by atoms with E-state index in [-0.39, 0.29) is 5.91 Å². The molecule has 0 saturated carbocycles. The van der Waals surface area contributed by atoms with Crippen molar-refractivity contribution in [2.45, 2.75) is 13.3 Å². The average Bonchev–Trinajstić information content (AvgIpc) is 2.40. The Morgan fingerprint density at radius 3 is 2.50 bits per heavy atom. The number of nitrogens with one attached hydrogen (secondary N) is 1. The lowest BCUT2D eigenvalue weighted by molar-refractivity contribution is 0.102. The second-order valence-corrected chi connectivity index (χ2v) is 3.98. The summed E-state index contributed by atoms with van der Waals surface area (Å²) < 4.78 is 0. The van der Waals surface area contributed by atoms with Gasteiger partial charge in [-0.15, -0.1) is 0 Å². The second-order valence-electron chi connectivity index (χ2n) is 3.98. The predicted molar refractivity (Wildman–Crippen MR) is 72.4 cm³/mol. The van der Waals surface area contributed by atoms with Crippen molar-refractivity contribution in [1.82, 2.24) is 4.98 Å². The molecule has 0 radical (unpaired) electrons. The maximum Gasteiger partial charge on any atom is 0.257 e. The molecule has 0 saturated heterocycles. The first-order valence-electron chi connectivity index (χ1n) is 5.81. The minimum absolute atomic E-state index is 0.188. The van der Waals surface area contributed by atoms with Crippen LogP contribution >= 0.6 is 0 Å². The van der Waals surface area contributed by atoms with Crippen molar-refractivity contribution in [3.63, 3.8) is 0 Å². The number of hydrogen-bond donors (Lipinski definition) is 2. The molecule has 0 aliphatic carbocycles. The molecule has 92 valence electrons. The molecule has 0 bridgehead atoms. The van der Waals surface area contributed by atoms with E-state index < -0.39 is 0 Å². The molecular weight excluding hydrogens is 226 g/mol. The van der Waals surface area contributed by atoms with Crippen molar-refractivity contribution >= 4 is 17.4 Å². The minimum atomic E-state index is -0.188. The summed E-state index contributed by atoms with van der Waals surface area (Å²) in [5.41, 5.74) is 7.97. The van der Waals surface area contributed by atoms with Gasteiger partial charge in [0.25, 0.3) is 5.91 Å². The fourth-order valence-electron chi connectivity index (χ4n) is 1.57. The number of hydrogen-bond acceptors (Lipinski definition) is 3. The molecule has 1 aromatic heterocycles. The Kier molecular flexibility index (Phi) is 3.57. The molecule has 4 nitrogen and oxygen atoms in total. The van der Waals surface area contributed by atoms with E-state index in [2.05, 4.69) is 17.2 Å². The number of nitrogen functional groups attached to an aromatic ring is 1. The number of pyridine rings is 1. The third-order valence-corrected chi connectivity index (χ3v) is 2.67. The van der Waals surface area contributed by atoms with Crippen molar-refractivity contribution in [1.29, 1.82) is 0 Å². The Balaban J connectivity index is 2.08. The summed E-state index contributed by atoms with van der Waals surface area (Å²) in [6.45, 7) is 2.09. The quantitative estimate of drug-likeness (QED) is 0.867. The molecule has 0 spiro atoms. The largest absolute Gasteiger partial charge is 0.384 e. The smallest absolute Gasteiger partial charge is 0.257 e. The summed E-state index contributed by atoms with van der Waals surface area (Å²) in [4.78, 5) is 15.8. The number of rotatable bonds is 3. The topological polar surface area (TPSA) is 68.0 Å². The Morgan fingerprint density at radius 1 is 1.22 bits per heavy atom. The van der Waals surface area contributed by atoms with Gasteiger partial charge in [-0.05, 0) is 36.2 Å². The Labute approximate surface area is 106 Å². The molecule has 4 heteroatoms. The number of aromatic nitrogens is 1. The van der Waals surface area contributed by atoms with Gasteiger partial charge >= 0.3 is 0 Å². The number of anilines is 2.